The molecule has 1 fully saturated rings. The molecule has 2 N–H and O–H groups in total. The van der Waals surface area contributed by atoms with Crippen LogP contribution >= 0.6 is 0 Å². The van der Waals surface area contributed by atoms with Crippen LogP contribution in [0.4, 0.5) is 0 Å². The Hall–Kier alpha value is -1.36. The van der Waals surface area contributed by atoms with Gasteiger partial charge in [0.25, 0.3) is 0 Å². The predicted molar refractivity (Wildman–Crippen MR) is 65.0 cm³/mol. The van der Waals surface area contributed by atoms with Crippen LogP contribution in [0.1, 0.15) is 25.7 Å². The minimum atomic E-state index is -0.889. The monoisotopic (exact) mass is 253 g/mol. The molecule has 18 heavy (non-hydrogen) atoms. The number of amides is 1. The molecule has 0 aromatic heterocycles. The molecule has 1 heterocycles. The number of carbonyl (C=O) groups excluding carboxylic acids is 1. The smallest absolute Gasteiger partial charge is 0.307 e. The summed E-state index contributed by atoms with van der Waals surface area (Å²) >= 11 is 0. The molecule has 3 unspecified atom stereocenters. The summed E-state index contributed by atoms with van der Waals surface area (Å²) in [4.78, 5) is 23.2. The zero-order chi connectivity index (χ0) is 13.0. The quantitative estimate of drug-likeness (QED) is 0.734. The van der Waals surface area contributed by atoms with Gasteiger partial charge in [0.2, 0.25) is 5.91 Å². The highest BCUT2D eigenvalue weighted by molar-refractivity contribution is 5.85. The van der Waals surface area contributed by atoms with Gasteiger partial charge in [0.05, 0.1) is 24.5 Å². The van der Waals surface area contributed by atoms with Crippen molar-refractivity contribution in [1.82, 2.24) is 5.32 Å². The first-order valence-corrected chi connectivity index (χ1v) is 6.44. The second-order valence-electron chi connectivity index (χ2n) is 4.92. The molecular weight excluding hydrogens is 234 g/mol. The number of carboxylic acid groups (broad SMARTS) is 1. The summed E-state index contributed by atoms with van der Waals surface area (Å²) in [7, 11) is 0. The lowest BCUT2D eigenvalue weighted by atomic mass is 9.82. The largest absolute Gasteiger partial charge is 0.481 e. The van der Waals surface area contributed by atoms with E-state index in [9.17, 15) is 9.59 Å². The van der Waals surface area contributed by atoms with Gasteiger partial charge in [-0.2, -0.15) is 0 Å². The van der Waals surface area contributed by atoms with Gasteiger partial charge in [0, 0.05) is 6.61 Å². The molecule has 0 aromatic carbocycles. The molecule has 1 amide bonds. The van der Waals surface area contributed by atoms with Crippen LogP contribution in [0.2, 0.25) is 0 Å². The van der Waals surface area contributed by atoms with Crippen molar-refractivity contribution in [2.75, 3.05) is 13.2 Å². The van der Waals surface area contributed by atoms with E-state index in [1.54, 1.807) is 0 Å². The molecular formula is C13H19NO4. The van der Waals surface area contributed by atoms with Crippen LogP contribution in [0, 0.1) is 11.8 Å². The van der Waals surface area contributed by atoms with E-state index in [0.29, 0.717) is 19.4 Å². The van der Waals surface area contributed by atoms with Crippen molar-refractivity contribution in [3.8, 4) is 0 Å². The molecule has 1 aliphatic heterocycles. The van der Waals surface area contributed by atoms with Gasteiger partial charge in [-0.15, -0.1) is 0 Å². The molecule has 2 rings (SSSR count). The fraction of sp³-hybridized carbons (Fsp3) is 0.692. The summed E-state index contributed by atoms with van der Waals surface area (Å²) in [5.41, 5.74) is 0. The number of nitrogens with one attached hydrogen (secondary N) is 1. The van der Waals surface area contributed by atoms with Crippen molar-refractivity contribution in [3.63, 3.8) is 0 Å². The van der Waals surface area contributed by atoms with Crippen molar-refractivity contribution in [3.05, 3.63) is 12.2 Å². The Balaban J connectivity index is 1.93. The summed E-state index contributed by atoms with van der Waals surface area (Å²) in [6.45, 7) is 1.28. The number of hydrogen-bond acceptors (Lipinski definition) is 3. The topological polar surface area (TPSA) is 75.6 Å². The van der Waals surface area contributed by atoms with Crippen LogP contribution in [-0.4, -0.2) is 36.2 Å². The fourth-order valence-corrected chi connectivity index (χ4v) is 2.54. The van der Waals surface area contributed by atoms with Crippen LogP contribution in [0.25, 0.3) is 0 Å². The number of rotatable bonds is 3. The van der Waals surface area contributed by atoms with E-state index in [0.717, 1.165) is 19.4 Å². The normalized spacial score (nSPS) is 31.9. The lowest BCUT2D eigenvalue weighted by molar-refractivity contribution is -0.147. The van der Waals surface area contributed by atoms with E-state index in [2.05, 4.69) is 5.32 Å². The van der Waals surface area contributed by atoms with Gasteiger partial charge < -0.3 is 15.2 Å². The molecule has 0 bridgehead atoms. The number of hydrogen-bond donors (Lipinski definition) is 2. The van der Waals surface area contributed by atoms with Gasteiger partial charge in [-0.05, 0) is 25.7 Å². The lowest BCUT2D eigenvalue weighted by Crippen LogP contribution is -2.46. The second kappa shape index (κ2) is 6.00. The molecule has 0 spiro atoms. The lowest BCUT2D eigenvalue weighted by Gasteiger charge is -2.28. The molecule has 0 radical (unpaired) electrons. The maximum Gasteiger partial charge on any atom is 0.307 e. The minimum absolute atomic E-state index is 0.0339. The van der Waals surface area contributed by atoms with E-state index < -0.39 is 17.8 Å². The third kappa shape index (κ3) is 3.10. The van der Waals surface area contributed by atoms with E-state index in [1.165, 1.54) is 0 Å². The van der Waals surface area contributed by atoms with E-state index in [-0.39, 0.29) is 11.9 Å². The Labute approximate surface area is 106 Å². The summed E-state index contributed by atoms with van der Waals surface area (Å²) in [6.07, 6.45) is 6.53. The average Bonchev–Trinajstić information content (AvgIpc) is 2.40. The molecule has 0 saturated carbocycles. The molecule has 2 aliphatic rings. The van der Waals surface area contributed by atoms with Crippen molar-refractivity contribution < 1.29 is 19.4 Å². The molecule has 1 saturated heterocycles. The molecule has 1 aliphatic carbocycles. The Morgan fingerprint density at radius 1 is 1.22 bits per heavy atom. The van der Waals surface area contributed by atoms with Crippen LogP contribution in [0.15, 0.2) is 12.2 Å². The van der Waals surface area contributed by atoms with Crippen LogP contribution in [-0.2, 0) is 14.3 Å². The van der Waals surface area contributed by atoms with Gasteiger partial charge in [-0.25, -0.2) is 0 Å². The second-order valence-corrected chi connectivity index (χ2v) is 4.92. The first-order chi connectivity index (χ1) is 8.68. The zero-order valence-electron chi connectivity index (χ0n) is 10.3. The van der Waals surface area contributed by atoms with Crippen molar-refractivity contribution >= 4 is 11.9 Å². The number of carboxylic acids is 1. The Kier molecular flexibility index (Phi) is 4.36. The summed E-state index contributed by atoms with van der Waals surface area (Å²) < 4.78 is 5.30. The summed E-state index contributed by atoms with van der Waals surface area (Å²) in [5, 5.41) is 12.0. The maximum atomic E-state index is 12.1. The number of allylic oxidation sites excluding steroid dienone is 2. The van der Waals surface area contributed by atoms with Gasteiger partial charge in [0.1, 0.15) is 0 Å². The van der Waals surface area contributed by atoms with Gasteiger partial charge in [0.15, 0.2) is 0 Å². The molecule has 5 heteroatoms. The number of aliphatic carboxylic acids is 1. The van der Waals surface area contributed by atoms with Crippen molar-refractivity contribution in [2.24, 2.45) is 11.8 Å². The third-order valence-electron chi connectivity index (χ3n) is 3.59. The predicted octanol–water partition coefficient (Wildman–Crippen LogP) is 0.949. The Bertz CT molecular complexity index is 347. The Morgan fingerprint density at radius 3 is 2.56 bits per heavy atom. The standard InChI is InChI=1S/C13H19NO4/c15-12(14-9-4-3-7-18-8-9)10-5-1-2-6-11(10)13(16)17/h1-2,9-11H,3-8H2,(H,14,15)(H,16,17). The van der Waals surface area contributed by atoms with E-state index in [4.69, 9.17) is 9.84 Å². The fourth-order valence-electron chi connectivity index (χ4n) is 2.54. The van der Waals surface area contributed by atoms with Gasteiger partial charge in [-0.1, -0.05) is 12.2 Å². The van der Waals surface area contributed by atoms with Crippen LogP contribution in [0.3, 0.4) is 0 Å². The van der Waals surface area contributed by atoms with E-state index >= 15 is 0 Å². The molecule has 0 aromatic rings. The van der Waals surface area contributed by atoms with Gasteiger partial charge >= 0.3 is 5.97 Å². The SMILES string of the molecule is O=C(O)C1CC=CCC1C(=O)NC1CCCOC1. The Morgan fingerprint density at radius 2 is 1.94 bits per heavy atom. The first-order valence-electron chi connectivity index (χ1n) is 6.44. The van der Waals surface area contributed by atoms with Crippen molar-refractivity contribution in [2.45, 2.75) is 31.7 Å². The average molecular weight is 253 g/mol. The molecule has 100 valence electrons. The number of carbonyl (C=O) groups is 2. The van der Waals surface area contributed by atoms with Gasteiger partial charge in [-0.3, -0.25) is 9.59 Å². The number of ether oxygens (including phenoxy) is 1. The maximum absolute atomic E-state index is 12.1. The van der Waals surface area contributed by atoms with Crippen molar-refractivity contribution in [1.29, 1.82) is 0 Å². The molecule has 5 nitrogen and oxygen atoms in total. The summed E-state index contributed by atoms with van der Waals surface area (Å²) in [5.74, 6) is -2.09. The van der Waals surface area contributed by atoms with Crippen LogP contribution in [0.5, 0.6) is 0 Å². The highest BCUT2D eigenvalue weighted by Crippen LogP contribution is 2.26. The minimum Gasteiger partial charge on any atom is -0.481 e. The molecule has 3 atom stereocenters. The zero-order valence-corrected chi connectivity index (χ0v) is 10.3. The third-order valence-corrected chi connectivity index (χ3v) is 3.59. The highest BCUT2D eigenvalue weighted by atomic mass is 16.5. The highest BCUT2D eigenvalue weighted by Gasteiger charge is 2.34. The van der Waals surface area contributed by atoms with Crippen LogP contribution < -0.4 is 5.32 Å². The first kappa shape index (κ1) is 13.1. The van der Waals surface area contributed by atoms with E-state index in [1.807, 2.05) is 12.2 Å². The summed E-state index contributed by atoms with van der Waals surface area (Å²) in [6, 6.07) is 0.0339.